The van der Waals surface area contributed by atoms with Crippen LogP contribution in [0.25, 0.3) is 0 Å². The Kier molecular flexibility index (Phi) is 4.62. The fourth-order valence-corrected chi connectivity index (χ4v) is 4.77. The summed E-state index contributed by atoms with van der Waals surface area (Å²) >= 11 is 0. The van der Waals surface area contributed by atoms with Gasteiger partial charge in [0.25, 0.3) is 0 Å². The lowest BCUT2D eigenvalue weighted by atomic mass is 9.84. The number of benzene rings is 1. The summed E-state index contributed by atoms with van der Waals surface area (Å²) in [5.41, 5.74) is 2.96. The van der Waals surface area contributed by atoms with Crippen LogP contribution in [0.1, 0.15) is 62.5 Å². The van der Waals surface area contributed by atoms with Gasteiger partial charge in [-0.2, -0.15) is 0 Å². The Labute approximate surface area is 126 Å². The second-order valence-corrected chi connectivity index (χ2v) is 8.56. The zero-order valence-corrected chi connectivity index (χ0v) is 14.9. The minimum absolute atomic E-state index is 0.0988. The van der Waals surface area contributed by atoms with E-state index in [9.17, 15) is 0 Å². The summed E-state index contributed by atoms with van der Waals surface area (Å²) in [7, 11) is 1.10. The van der Waals surface area contributed by atoms with Crippen molar-refractivity contribution in [1.82, 2.24) is 0 Å². The molecular weight excluding hydrogens is 260 g/mol. The third kappa shape index (κ3) is 3.34. The van der Waals surface area contributed by atoms with Crippen LogP contribution in [0.5, 0.6) is 0 Å². The summed E-state index contributed by atoms with van der Waals surface area (Å²) in [6, 6.07) is 9.41. The van der Waals surface area contributed by atoms with Gasteiger partial charge in [0.2, 0.25) is 0 Å². The molecule has 0 radical (unpaired) electrons. The van der Waals surface area contributed by atoms with Gasteiger partial charge in [0, 0.05) is 16.8 Å². The van der Waals surface area contributed by atoms with E-state index in [2.05, 4.69) is 24.3 Å². The van der Waals surface area contributed by atoms with Crippen LogP contribution >= 0.6 is 0 Å². The van der Waals surface area contributed by atoms with Gasteiger partial charge in [0.1, 0.15) is 0 Å². The molecule has 110 valence electrons. The molecule has 2 fully saturated rings. The molecule has 2 heteroatoms. The van der Waals surface area contributed by atoms with Crippen molar-refractivity contribution in [2.24, 2.45) is 5.92 Å². The van der Waals surface area contributed by atoms with Gasteiger partial charge < -0.3 is 4.74 Å². The molecule has 1 aliphatic carbocycles. The predicted molar refractivity (Wildman–Crippen MR) is 88.1 cm³/mol. The van der Waals surface area contributed by atoms with Crippen LogP contribution in [0.2, 0.25) is 0 Å². The average molecular weight is 289 g/mol. The Bertz CT molecular complexity index is 414. The maximum atomic E-state index is 6.10. The molecule has 1 nitrogen and oxygen atoms in total. The van der Waals surface area contributed by atoms with E-state index in [4.69, 9.17) is 4.74 Å². The molecule has 1 atom stereocenters. The van der Waals surface area contributed by atoms with Gasteiger partial charge in [0.05, 0.1) is 5.22 Å². The van der Waals surface area contributed by atoms with Crippen LogP contribution < -0.4 is 0 Å². The van der Waals surface area contributed by atoms with Crippen molar-refractivity contribution in [1.29, 1.82) is 0 Å². The topological polar surface area (TPSA) is 9.23 Å². The van der Waals surface area contributed by atoms with E-state index in [1.165, 1.54) is 68.9 Å². The van der Waals surface area contributed by atoms with E-state index in [1.54, 1.807) is 0 Å². The van der Waals surface area contributed by atoms with Crippen molar-refractivity contribution in [2.45, 2.75) is 63.0 Å². The highest BCUT2D eigenvalue weighted by atomic mass is 28.1. The van der Waals surface area contributed by atoms with Crippen molar-refractivity contribution in [2.75, 3.05) is 6.61 Å². The van der Waals surface area contributed by atoms with Crippen LogP contribution in [0.15, 0.2) is 24.3 Å². The van der Waals surface area contributed by atoms with Crippen LogP contribution in [0.4, 0.5) is 0 Å². The van der Waals surface area contributed by atoms with E-state index in [0.29, 0.717) is 0 Å². The van der Waals surface area contributed by atoms with Gasteiger partial charge >= 0.3 is 0 Å². The maximum absolute atomic E-state index is 6.10. The van der Waals surface area contributed by atoms with Gasteiger partial charge in [0.15, 0.2) is 0 Å². The molecule has 1 aliphatic heterocycles. The third-order valence-electron chi connectivity index (χ3n) is 5.28. The molecule has 2 aliphatic rings. The second kappa shape index (κ2) is 6.44. The second-order valence-electron chi connectivity index (χ2n) is 6.94. The molecule has 1 heterocycles. The van der Waals surface area contributed by atoms with Gasteiger partial charge in [-0.25, -0.2) is 0 Å². The predicted octanol–water partition coefficient (Wildman–Crippen LogP) is 3.53. The summed E-state index contributed by atoms with van der Waals surface area (Å²) in [5.74, 6) is 0.936. The SMILES string of the molecule is [SiH3]C1(c2ccc(CC3CCCCC3)cc2)CCCCO1. The largest absolute Gasteiger partial charge is 0.375 e. The molecule has 1 unspecified atom stereocenters. The van der Waals surface area contributed by atoms with Gasteiger partial charge in [-0.1, -0.05) is 56.4 Å². The lowest BCUT2D eigenvalue weighted by Gasteiger charge is -2.34. The Morgan fingerprint density at radius 2 is 1.75 bits per heavy atom. The van der Waals surface area contributed by atoms with Crippen LogP contribution in [0.3, 0.4) is 0 Å². The molecule has 1 saturated carbocycles. The zero-order chi connectivity index (χ0) is 13.8. The highest BCUT2D eigenvalue weighted by Gasteiger charge is 2.29. The van der Waals surface area contributed by atoms with Crippen LogP contribution in [-0.2, 0) is 16.4 Å². The first-order valence-electron chi connectivity index (χ1n) is 8.50. The minimum Gasteiger partial charge on any atom is -0.375 e. The molecule has 3 rings (SSSR count). The standard InChI is InChI=1S/C18H28OSi/c20-18(12-4-5-13-19-18)17-10-8-16(9-11-17)14-15-6-2-1-3-7-15/h8-11,15H,1-7,12-14H2,20H3. The van der Waals surface area contributed by atoms with Crippen molar-refractivity contribution in [3.8, 4) is 0 Å². The molecule has 0 bridgehead atoms. The fourth-order valence-electron chi connectivity index (χ4n) is 3.88. The van der Waals surface area contributed by atoms with Gasteiger partial charge in [-0.15, -0.1) is 0 Å². The maximum Gasteiger partial charge on any atom is 0.0723 e. The first-order chi connectivity index (χ1) is 9.76. The average Bonchev–Trinajstić information content (AvgIpc) is 2.50. The van der Waals surface area contributed by atoms with Crippen molar-refractivity contribution < 1.29 is 4.74 Å². The normalized spacial score (nSPS) is 28.6. The van der Waals surface area contributed by atoms with Crippen molar-refractivity contribution in [3.05, 3.63) is 35.4 Å². The van der Waals surface area contributed by atoms with E-state index < -0.39 is 0 Å². The molecule has 20 heavy (non-hydrogen) atoms. The number of rotatable bonds is 3. The summed E-state index contributed by atoms with van der Waals surface area (Å²) < 4.78 is 6.10. The van der Waals surface area contributed by atoms with E-state index >= 15 is 0 Å². The molecule has 1 saturated heterocycles. The van der Waals surface area contributed by atoms with E-state index in [0.717, 1.165) is 22.8 Å². The van der Waals surface area contributed by atoms with Crippen LogP contribution in [0, 0.1) is 5.92 Å². The number of ether oxygens (including phenoxy) is 1. The summed E-state index contributed by atoms with van der Waals surface area (Å²) in [6.45, 7) is 0.952. The first kappa shape index (κ1) is 14.3. The summed E-state index contributed by atoms with van der Waals surface area (Å²) in [6.07, 6.45) is 12.3. The Balaban J connectivity index is 1.64. The lowest BCUT2D eigenvalue weighted by molar-refractivity contribution is -0.0210. The summed E-state index contributed by atoms with van der Waals surface area (Å²) in [4.78, 5) is 0. The highest BCUT2D eigenvalue weighted by molar-refractivity contribution is 6.14. The number of hydrogen-bond acceptors (Lipinski definition) is 1. The molecule has 0 amide bonds. The monoisotopic (exact) mass is 288 g/mol. The quantitative estimate of drug-likeness (QED) is 0.773. The van der Waals surface area contributed by atoms with Crippen molar-refractivity contribution in [3.63, 3.8) is 0 Å². The molecule has 1 aromatic carbocycles. The smallest absolute Gasteiger partial charge is 0.0723 e. The van der Waals surface area contributed by atoms with E-state index in [1.807, 2.05) is 0 Å². The molecular formula is C18H28OSi. The Morgan fingerprint density at radius 3 is 2.40 bits per heavy atom. The zero-order valence-electron chi connectivity index (χ0n) is 12.9. The fraction of sp³-hybridized carbons (Fsp3) is 0.667. The molecule has 0 spiro atoms. The van der Waals surface area contributed by atoms with Crippen LogP contribution in [-0.4, -0.2) is 16.8 Å². The highest BCUT2D eigenvalue weighted by Crippen LogP contribution is 2.33. The van der Waals surface area contributed by atoms with Crippen molar-refractivity contribution >= 4 is 10.2 Å². The molecule has 1 aromatic rings. The molecule has 0 N–H and O–H groups in total. The Morgan fingerprint density at radius 1 is 1.00 bits per heavy atom. The number of hydrogen-bond donors (Lipinski definition) is 0. The first-order valence-corrected chi connectivity index (χ1v) is 9.50. The van der Waals surface area contributed by atoms with E-state index in [-0.39, 0.29) is 5.22 Å². The summed E-state index contributed by atoms with van der Waals surface area (Å²) in [5, 5.41) is 0.0988. The van der Waals surface area contributed by atoms with Gasteiger partial charge in [-0.3, -0.25) is 0 Å². The molecule has 0 aromatic heterocycles. The third-order valence-corrected chi connectivity index (χ3v) is 6.65. The van der Waals surface area contributed by atoms with Gasteiger partial charge in [-0.05, 0) is 42.7 Å². The minimum atomic E-state index is 0.0988. The lowest BCUT2D eigenvalue weighted by Crippen LogP contribution is -2.33. The Hall–Kier alpha value is -0.603.